The number of carbonyl (C=O) groups excluding carboxylic acids is 1. The number of rotatable bonds is 2. The van der Waals surface area contributed by atoms with E-state index in [2.05, 4.69) is 15.0 Å². The molecule has 1 amide bonds. The summed E-state index contributed by atoms with van der Waals surface area (Å²) in [6.07, 6.45) is 5.76. The van der Waals surface area contributed by atoms with Gasteiger partial charge in [0.25, 0.3) is 5.91 Å². The van der Waals surface area contributed by atoms with E-state index in [4.69, 9.17) is 5.26 Å². The summed E-state index contributed by atoms with van der Waals surface area (Å²) in [5.74, 6) is 0.542. The number of aromatic nitrogens is 3. The highest BCUT2D eigenvalue weighted by Crippen LogP contribution is 2.14. The summed E-state index contributed by atoms with van der Waals surface area (Å²) in [5.41, 5.74) is 1.94. The maximum Gasteiger partial charge on any atom is 0.255 e. The van der Waals surface area contributed by atoms with Crippen molar-refractivity contribution in [2.24, 2.45) is 0 Å². The van der Waals surface area contributed by atoms with Crippen LogP contribution in [0.25, 0.3) is 0 Å². The molecule has 1 aliphatic heterocycles. The third kappa shape index (κ3) is 3.49. The van der Waals surface area contributed by atoms with Crippen LogP contribution in [0.1, 0.15) is 28.0 Å². The quantitative estimate of drug-likeness (QED) is 0.831. The van der Waals surface area contributed by atoms with Gasteiger partial charge < -0.3 is 9.80 Å². The van der Waals surface area contributed by atoms with E-state index < -0.39 is 0 Å². The fraction of sp³-hybridized carbons (Fsp3) is 0.353. The molecule has 1 fully saturated rings. The van der Waals surface area contributed by atoms with Crippen LogP contribution in [0.3, 0.4) is 0 Å². The second-order valence-corrected chi connectivity index (χ2v) is 5.74. The average Bonchev–Trinajstić information content (AvgIpc) is 2.87. The van der Waals surface area contributed by atoms with Crippen molar-refractivity contribution < 1.29 is 4.79 Å². The zero-order valence-electron chi connectivity index (χ0n) is 13.5. The molecule has 3 rings (SSSR count). The van der Waals surface area contributed by atoms with Crippen LogP contribution in [0, 0.1) is 18.3 Å². The first-order chi connectivity index (χ1) is 11.7. The van der Waals surface area contributed by atoms with Crippen LogP contribution in [0.4, 0.5) is 5.95 Å². The summed E-state index contributed by atoms with van der Waals surface area (Å²) in [5, 5.41) is 8.96. The number of pyridine rings is 1. The van der Waals surface area contributed by atoms with Gasteiger partial charge in [-0.3, -0.25) is 9.78 Å². The molecule has 2 aromatic rings. The maximum absolute atomic E-state index is 12.6. The van der Waals surface area contributed by atoms with E-state index in [0.29, 0.717) is 36.8 Å². The molecular weight excluding hydrogens is 304 g/mol. The minimum absolute atomic E-state index is 0.000237. The van der Waals surface area contributed by atoms with E-state index >= 15 is 0 Å². The summed E-state index contributed by atoms with van der Waals surface area (Å²) in [4.78, 5) is 29.1. The zero-order chi connectivity index (χ0) is 16.9. The van der Waals surface area contributed by atoms with Gasteiger partial charge in [-0.15, -0.1) is 0 Å². The summed E-state index contributed by atoms with van der Waals surface area (Å²) in [6.45, 7) is 4.59. The van der Waals surface area contributed by atoms with Gasteiger partial charge in [0, 0.05) is 44.8 Å². The SMILES string of the molecule is Cc1cncc(C(=O)N2CCCN(c3nccc(C#N)n3)CC2)c1. The van der Waals surface area contributed by atoms with Gasteiger partial charge in [-0.05, 0) is 31.0 Å². The Morgan fingerprint density at radius 1 is 1.25 bits per heavy atom. The van der Waals surface area contributed by atoms with E-state index in [-0.39, 0.29) is 5.91 Å². The number of nitriles is 1. The molecule has 24 heavy (non-hydrogen) atoms. The second kappa shape index (κ2) is 7.04. The molecule has 1 saturated heterocycles. The number of carbonyl (C=O) groups is 1. The molecule has 2 aromatic heterocycles. The van der Waals surface area contributed by atoms with Gasteiger partial charge >= 0.3 is 0 Å². The lowest BCUT2D eigenvalue weighted by molar-refractivity contribution is 0.0766. The predicted molar refractivity (Wildman–Crippen MR) is 88.5 cm³/mol. The lowest BCUT2D eigenvalue weighted by Crippen LogP contribution is -2.35. The summed E-state index contributed by atoms with van der Waals surface area (Å²) in [6, 6.07) is 5.47. The first kappa shape index (κ1) is 15.9. The number of hydrogen-bond donors (Lipinski definition) is 0. The standard InChI is InChI=1S/C17H18N6O/c1-13-9-14(12-19-11-13)16(24)22-5-2-6-23(8-7-22)17-20-4-3-15(10-18)21-17/h3-4,9,11-12H,2,5-8H2,1H3. The molecule has 0 radical (unpaired) electrons. The van der Waals surface area contributed by atoms with Crippen LogP contribution in [-0.4, -0.2) is 51.9 Å². The Labute approximate surface area is 140 Å². The van der Waals surface area contributed by atoms with Crippen LogP contribution in [-0.2, 0) is 0 Å². The summed E-state index contributed by atoms with van der Waals surface area (Å²) >= 11 is 0. The van der Waals surface area contributed by atoms with Crippen LogP contribution in [0.15, 0.2) is 30.7 Å². The predicted octanol–water partition coefficient (Wildman–Crippen LogP) is 1.40. The topological polar surface area (TPSA) is 86.0 Å². The largest absolute Gasteiger partial charge is 0.339 e. The normalized spacial score (nSPS) is 14.8. The minimum Gasteiger partial charge on any atom is -0.339 e. The van der Waals surface area contributed by atoms with E-state index in [1.54, 1.807) is 24.7 Å². The molecule has 0 N–H and O–H groups in total. The van der Waals surface area contributed by atoms with Gasteiger partial charge in [-0.1, -0.05) is 0 Å². The lowest BCUT2D eigenvalue weighted by Gasteiger charge is -2.22. The molecule has 7 nitrogen and oxygen atoms in total. The average molecular weight is 322 g/mol. The Morgan fingerprint density at radius 3 is 2.92 bits per heavy atom. The van der Waals surface area contributed by atoms with Gasteiger partial charge in [-0.2, -0.15) is 5.26 Å². The van der Waals surface area contributed by atoms with Gasteiger partial charge in [-0.25, -0.2) is 9.97 Å². The molecule has 0 saturated carbocycles. The van der Waals surface area contributed by atoms with Crippen molar-refractivity contribution in [2.45, 2.75) is 13.3 Å². The van der Waals surface area contributed by atoms with Crippen molar-refractivity contribution in [1.29, 1.82) is 5.26 Å². The van der Waals surface area contributed by atoms with Crippen LogP contribution >= 0.6 is 0 Å². The first-order valence-corrected chi connectivity index (χ1v) is 7.86. The number of aryl methyl sites for hydroxylation is 1. The van der Waals surface area contributed by atoms with Crippen molar-refractivity contribution >= 4 is 11.9 Å². The van der Waals surface area contributed by atoms with E-state index in [1.807, 2.05) is 28.9 Å². The van der Waals surface area contributed by atoms with Crippen molar-refractivity contribution in [2.75, 3.05) is 31.1 Å². The monoisotopic (exact) mass is 322 g/mol. The van der Waals surface area contributed by atoms with Gasteiger partial charge in [0.05, 0.1) is 5.56 Å². The fourth-order valence-corrected chi connectivity index (χ4v) is 2.74. The molecule has 0 aromatic carbocycles. The highest BCUT2D eigenvalue weighted by molar-refractivity contribution is 5.94. The third-order valence-corrected chi connectivity index (χ3v) is 3.95. The van der Waals surface area contributed by atoms with Gasteiger partial charge in [0.2, 0.25) is 5.95 Å². The maximum atomic E-state index is 12.6. The third-order valence-electron chi connectivity index (χ3n) is 3.95. The molecule has 0 spiro atoms. The lowest BCUT2D eigenvalue weighted by atomic mass is 10.2. The van der Waals surface area contributed by atoms with Crippen molar-refractivity contribution in [1.82, 2.24) is 19.9 Å². The Balaban J connectivity index is 1.71. The molecule has 0 bridgehead atoms. The highest BCUT2D eigenvalue weighted by Gasteiger charge is 2.22. The smallest absolute Gasteiger partial charge is 0.255 e. The summed E-state index contributed by atoms with van der Waals surface area (Å²) in [7, 11) is 0. The second-order valence-electron chi connectivity index (χ2n) is 5.74. The van der Waals surface area contributed by atoms with Crippen LogP contribution < -0.4 is 4.90 Å². The molecule has 1 aliphatic rings. The molecule has 3 heterocycles. The Hall–Kier alpha value is -3.01. The number of hydrogen-bond acceptors (Lipinski definition) is 6. The Bertz CT molecular complexity index is 785. The van der Waals surface area contributed by atoms with Gasteiger partial charge in [0.1, 0.15) is 11.8 Å². The van der Waals surface area contributed by atoms with Crippen LogP contribution in [0.5, 0.6) is 0 Å². The van der Waals surface area contributed by atoms with Crippen molar-refractivity contribution in [3.8, 4) is 6.07 Å². The molecular formula is C17H18N6O. The van der Waals surface area contributed by atoms with E-state index in [0.717, 1.165) is 18.5 Å². The summed E-state index contributed by atoms with van der Waals surface area (Å²) < 4.78 is 0. The molecule has 0 aliphatic carbocycles. The zero-order valence-corrected chi connectivity index (χ0v) is 13.5. The number of anilines is 1. The molecule has 7 heteroatoms. The number of nitrogens with zero attached hydrogens (tertiary/aromatic N) is 6. The van der Waals surface area contributed by atoms with Gasteiger partial charge in [0.15, 0.2) is 0 Å². The molecule has 0 unspecified atom stereocenters. The van der Waals surface area contributed by atoms with Crippen molar-refractivity contribution in [3.05, 3.63) is 47.5 Å². The Kier molecular flexibility index (Phi) is 4.66. The Morgan fingerprint density at radius 2 is 2.12 bits per heavy atom. The fourth-order valence-electron chi connectivity index (χ4n) is 2.74. The number of amides is 1. The molecule has 0 atom stereocenters. The van der Waals surface area contributed by atoms with Crippen molar-refractivity contribution in [3.63, 3.8) is 0 Å². The van der Waals surface area contributed by atoms with E-state index in [1.165, 1.54) is 0 Å². The van der Waals surface area contributed by atoms with Crippen LogP contribution in [0.2, 0.25) is 0 Å². The molecule has 122 valence electrons. The first-order valence-electron chi connectivity index (χ1n) is 7.86. The highest BCUT2D eigenvalue weighted by atomic mass is 16.2. The van der Waals surface area contributed by atoms with E-state index in [9.17, 15) is 4.79 Å². The minimum atomic E-state index is -0.000237.